The van der Waals surface area contributed by atoms with E-state index in [9.17, 15) is 0 Å². The summed E-state index contributed by atoms with van der Waals surface area (Å²) < 4.78 is 4.06. The molecule has 0 saturated heterocycles. The zero-order chi connectivity index (χ0) is 9.34. The number of nitrogens with zero attached hydrogens (tertiary/aromatic N) is 4. The molecule has 0 radical (unpaired) electrons. The molecule has 3 fully saturated rings. The lowest BCUT2D eigenvalue weighted by atomic mass is 9.50. The first-order chi connectivity index (χ1) is 6.78. The Bertz CT molecular complexity index is 509. The molecule has 0 N–H and O–H groups in total. The topological polar surface area (TPSA) is 35.6 Å². The van der Waals surface area contributed by atoms with Gasteiger partial charge in [0, 0.05) is 0 Å². The van der Waals surface area contributed by atoms with Crippen LogP contribution in [0.3, 0.4) is 0 Å². The predicted molar refractivity (Wildman–Crippen MR) is 60.3 cm³/mol. The van der Waals surface area contributed by atoms with Gasteiger partial charge in [-0.1, -0.05) is 0 Å². The minimum Gasteiger partial charge on any atom is -0.255 e. The first-order valence-corrected chi connectivity index (χ1v) is 5.83. The summed E-state index contributed by atoms with van der Waals surface area (Å²) in [5, 5.41) is 8.75. The molecule has 2 bridgehead atoms. The highest BCUT2D eigenvalue weighted by atomic mass is 127. The van der Waals surface area contributed by atoms with Crippen molar-refractivity contribution in [1.82, 2.24) is 17.8 Å². The van der Waals surface area contributed by atoms with Crippen LogP contribution in [0.2, 0.25) is 0 Å². The fourth-order valence-corrected chi connectivity index (χ4v) is 3.35. The van der Waals surface area contributed by atoms with Crippen molar-refractivity contribution in [3.63, 3.8) is 0 Å². The standard InChI is InChI=1S/C9H9IN4/c10-14-8-5-11-13(7(8)4-12-14)9-1-6(2-9)3-9/h4-6H,1-3H2. The van der Waals surface area contributed by atoms with Crippen LogP contribution < -0.4 is 0 Å². The van der Waals surface area contributed by atoms with Crippen molar-refractivity contribution in [1.29, 1.82) is 0 Å². The third-order valence-corrected chi connectivity index (χ3v) is 4.49. The summed E-state index contributed by atoms with van der Waals surface area (Å²) in [4.78, 5) is 0. The molecular formula is C9H9IN4. The van der Waals surface area contributed by atoms with Crippen LogP contribution in [0.1, 0.15) is 19.3 Å². The van der Waals surface area contributed by atoms with Crippen LogP contribution in [0, 0.1) is 5.92 Å². The molecule has 5 heteroatoms. The molecule has 4 nitrogen and oxygen atoms in total. The number of aromatic nitrogens is 4. The first kappa shape index (κ1) is 7.67. The van der Waals surface area contributed by atoms with Gasteiger partial charge in [-0.05, 0) is 25.2 Å². The Hall–Kier alpha value is -0.590. The SMILES string of the molecule is In1ncc2c1cnn2C12CC(C1)C2. The molecule has 2 heterocycles. The van der Waals surface area contributed by atoms with Gasteiger partial charge in [-0.15, -0.1) is 0 Å². The summed E-state index contributed by atoms with van der Waals surface area (Å²) in [6.07, 6.45) is 7.84. The lowest BCUT2D eigenvalue weighted by Gasteiger charge is -2.61. The maximum absolute atomic E-state index is 4.50. The molecule has 14 heavy (non-hydrogen) atoms. The van der Waals surface area contributed by atoms with Gasteiger partial charge in [-0.25, -0.2) is 2.90 Å². The molecule has 0 unspecified atom stereocenters. The van der Waals surface area contributed by atoms with Gasteiger partial charge in [0.05, 0.1) is 40.8 Å². The molecule has 0 spiro atoms. The number of halogens is 1. The van der Waals surface area contributed by atoms with Gasteiger partial charge in [0.15, 0.2) is 0 Å². The first-order valence-electron chi connectivity index (χ1n) is 4.87. The minimum atomic E-state index is 0.381. The zero-order valence-corrected chi connectivity index (χ0v) is 9.68. The smallest absolute Gasteiger partial charge is 0.118 e. The average Bonchev–Trinajstić information content (AvgIpc) is 2.51. The Morgan fingerprint density at radius 3 is 2.57 bits per heavy atom. The van der Waals surface area contributed by atoms with E-state index in [2.05, 4.69) is 37.7 Å². The van der Waals surface area contributed by atoms with Gasteiger partial charge in [0.25, 0.3) is 0 Å². The van der Waals surface area contributed by atoms with Crippen molar-refractivity contribution in [2.45, 2.75) is 24.8 Å². The van der Waals surface area contributed by atoms with E-state index >= 15 is 0 Å². The van der Waals surface area contributed by atoms with E-state index in [1.54, 1.807) is 0 Å². The van der Waals surface area contributed by atoms with E-state index in [1.807, 2.05) is 15.3 Å². The van der Waals surface area contributed by atoms with Gasteiger partial charge < -0.3 is 0 Å². The number of rotatable bonds is 1. The summed E-state index contributed by atoms with van der Waals surface area (Å²) >= 11 is 2.19. The zero-order valence-electron chi connectivity index (χ0n) is 7.52. The molecule has 3 saturated carbocycles. The predicted octanol–water partition coefficient (Wildman–Crippen LogP) is 1.94. The second kappa shape index (κ2) is 2.15. The molecule has 72 valence electrons. The molecule has 0 aromatic carbocycles. The molecule has 2 aromatic rings. The lowest BCUT2D eigenvalue weighted by molar-refractivity contribution is -0.0944. The van der Waals surface area contributed by atoms with E-state index in [4.69, 9.17) is 0 Å². The molecule has 0 amide bonds. The van der Waals surface area contributed by atoms with Crippen LogP contribution in [-0.2, 0) is 5.54 Å². The van der Waals surface area contributed by atoms with Crippen molar-refractivity contribution in [3.8, 4) is 0 Å². The summed E-state index contributed by atoms with van der Waals surface area (Å²) in [6.45, 7) is 0. The van der Waals surface area contributed by atoms with Gasteiger partial charge >= 0.3 is 0 Å². The molecule has 3 aliphatic rings. The molecule has 5 rings (SSSR count). The molecule has 3 aliphatic carbocycles. The minimum absolute atomic E-state index is 0.381. The highest BCUT2D eigenvalue weighted by Crippen LogP contribution is 2.62. The monoisotopic (exact) mass is 300 g/mol. The van der Waals surface area contributed by atoms with E-state index < -0.39 is 0 Å². The average molecular weight is 300 g/mol. The molecule has 2 aromatic heterocycles. The Morgan fingerprint density at radius 2 is 1.93 bits per heavy atom. The maximum atomic E-state index is 4.50. The van der Waals surface area contributed by atoms with Crippen LogP contribution in [0.4, 0.5) is 0 Å². The van der Waals surface area contributed by atoms with Crippen LogP contribution in [0.25, 0.3) is 11.0 Å². The summed E-state index contributed by atoms with van der Waals surface area (Å²) in [5.41, 5.74) is 2.71. The molecular weight excluding hydrogens is 291 g/mol. The Balaban J connectivity index is 1.97. The van der Waals surface area contributed by atoms with Crippen molar-refractivity contribution < 1.29 is 0 Å². The highest BCUT2D eigenvalue weighted by molar-refractivity contribution is 14.1. The summed E-state index contributed by atoms with van der Waals surface area (Å²) in [7, 11) is 0. The van der Waals surface area contributed by atoms with E-state index in [-0.39, 0.29) is 0 Å². The quantitative estimate of drug-likeness (QED) is 0.755. The Labute approximate surface area is 94.8 Å². The maximum Gasteiger partial charge on any atom is 0.118 e. The van der Waals surface area contributed by atoms with Crippen LogP contribution in [-0.4, -0.2) is 17.8 Å². The third-order valence-electron chi connectivity index (χ3n) is 3.72. The number of fused-ring (bicyclic) bond motifs is 1. The molecule has 0 atom stereocenters. The normalized spacial score (nSPS) is 34.2. The highest BCUT2D eigenvalue weighted by Gasteiger charge is 2.59. The fourth-order valence-electron chi connectivity index (χ4n) is 2.85. The molecule has 0 aliphatic heterocycles. The van der Waals surface area contributed by atoms with Gasteiger partial charge in [0.1, 0.15) is 11.0 Å². The van der Waals surface area contributed by atoms with E-state index in [0.717, 1.165) is 11.4 Å². The van der Waals surface area contributed by atoms with Crippen molar-refractivity contribution >= 4 is 33.9 Å². The second-order valence-electron chi connectivity index (χ2n) is 4.53. The second-order valence-corrected chi connectivity index (χ2v) is 5.45. The summed E-state index contributed by atoms with van der Waals surface area (Å²) in [6, 6.07) is 0. The third kappa shape index (κ3) is 0.687. The number of hydrogen-bond donors (Lipinski definition) is 0. The fraction of sp³-hybridized carbons (Fsp3) is 0.556. The van der Waals surface area contributed by atoms with Crippen LogP contribution >= 0.6 is 22.9 Å². The van der Waals surface area contributed by atoms with Crippen LogP contribution in [0.5, 0.6) is 0 Å². The lowest BCUT2D eigenvalue weighted by Crippen LogP contribution is -2.59. The van der Waals surface area contributed by atoms with Crippen molar-refractivity contribution in [2.75, 3.05) is 0 Å². The summed E-state index contributed by atoms with van der Waals surface area (Å²) in [5.74, 6) is 0.990. The van der Waals surface area contributed by atoms with Gasteiger partial charge in [-0.3, -0.25) is 4.68 Å². The van der Waals surface area contributed by atoms with Gasteiger partial charge in [0.2, 0.25) is 0 Å². The van der Waals surface area contributed by atoms with E-state index in [1.165, 1.54) is 24.8 Å². The van der Waals surface area contributed by atoms with Crippen LogP contribution in [0.15, 0.2) is 12.4 Å². The largest absolute Gasteiger partial charge is 0.255 e. The Kier molecular flexibility index (Phi) is 1.18. The van der Waals surface area contributed by atoms with Crippen molar-refractivity contribution in [3.05, 3.63) is 12.4 Å². The van der Waals surface area contributed by atoms with Gasteiger partial charge in [-0.2, -0.15) is 10.2 Å². The Morgan fingerprint density at radius 1 is 1.21 bits per heavy atom. The van der Waals surface area contributed by atoms with E-state index in [0.29, 0.717) is 5.54 Å². The number of hydrogen-bond acceptors (Lipinski definition) is 2. The van der Waals surface area contributed by atoms with Crippen molar-refractivity contribution in [2.24, 2.45) is 5.92 Å².